The minimum Gasteiger partial charge on any atom is -0.370 e. The van der Waals surface area contributed by atoms with Crippen molar-refractivity contribution in [2.24, 2.45) is 0 Å². The summed E-state index contributed by atoms with van der Waals surface area (Å²) in [5, 5.41) is 5.61. The average molecular weight is 248 g/mol. The Balaban J connectivity index is 2.58. The smallest absolute Gasteiger partial charge is 0.370 e. The van der Waals surface area contributed by atoms with Crippen molar-refractivity contribution < 1.29 is 13.2 Å². The Morgan fingerprint density at radius 2 is 1.76 bits per heavy atom. The standard InChI is InChI=1S/C10H15F3N4/c1-3-14-8-6-9(17-7(2)16-8)15-5-4-10(11,12)13/h6H,3-5H2,1-2H3,(H2,14,15,16,17). The zero-order chi connectivity index (χ0) is 12.9. The summed E-state index contributed by atoms with van der Waals surface area (Å²) in [6.45, 7) is 4.11. The molecule has 1 heterocycles. The second kappa shape index (κ2) is 5.70. The molecule has 0 saturated heterocycles. The van der Waals surface area contributed by atoms with Gasteiger partial charge in [0.25, 0.3) is 0 Å². The molecule has 0 bridgehead atoms. The van der Waals surface area contributed by atoms with Gasteiger partial charge in [0.15, 0.2) is 0 Å². The lowest BCUT2D eigenvalue weighted by Crippen LogP contribution is -2.15. The Kier molecular flexibility index (Phi) is 4.53. The topological polar surface area (TPSA) is 49.8 Å². The van der Waals surface area contributed by atoms with E-state index in [4.69, 9.17) is 0 Å². The first kappa shape index (κ1) is 13.5. The van der Waals surface area contributed by atoms with Gasteiger partial charge in [0, 0.05) is 19.2 Å². The predicted octanol–water partition coefficient (Wildman–Crippen LogP) is 2.58. The third-order valence-corrected chi connectivity index (χ3v) is 1.91. The molecule has 0 aliphatic carbocycles. The molecule has 2 N–H and O–H groups in total. The number of halogens is 3. The molecule has 0 radical (unpaired) electrons. The van der Waals surface area contributed by atoms with Crippen LogP contribution in [0.3, 0.4) is 0 Å². The van der Waals surface area contributed by atoms with Gasteiger partial charge < -0.3 is 10.6 Å². The van der Waals surface area contributed by atoms with Crippen LogP contribution in [-0.2, 0) is 0 Å². The van der Waals surface area contributed by atoms with Gasteiger partial charge in [0.2, 0.25) is 0 Å². The largest absolute Gasteiger partial charge is 0.390 e. The second-order valence-electron chi connectivity index (χ2n) is 3.51. The van der Waals surface area contributed by atoms with Crippen LogP contribution in [0, 0.1) is 6.92 Å². The van der Waals surface area contributed by atoms with Crippen LogP contribution in [0.15, 0.2) is 6.07 Å². The highest BCUT2D eigenvalue weighted by molar-refractivity contribution is 5.47. The molecule has 0 amide bonds. The van der Waals surface area contributed by atoms with Crippen LogP contribution in [0.1, 0.15) is 19.2 Å². The molecule has 0 aromatic carbocycles. The number of aromatic nitrogens is 2. The molecule has 4 nitrogen and oxygen atoms in total. The molecule has 0 aliphatic rings. The first-order valence-electron chi connectivity index (χ1n) is 5.31. The van der Waals surface area contributed by atoms with Gasteiger partial charge in [-0.2, -0.15) is 13.2 Å². The second-order valence-corrected chi connectivity index (χ2v) is 3.51. The van der Waals surface area contributed by atoms with E-state index in [0.717, 1.165) is 0 Å². The maximum absolute atomic E-state index is 12.0. The van der Waals surface area contributed by atoms with E-state index in [2.05, 4.69) is 20.6 Å². The summed E-state index contributed by atoms with van der Waals surface area (Å²) in [6, 6.07) is 1.59. The molecule has 0 saturated carbocycles. The quantitative estimate of drug-likeness (QED) is 0.840. The Labute approximate surface area is 97.7 Å². The summed E-state index contributed by atoms with van der Waals surface area (Å²) in [5.41, 5.74) is 0. The van der Waals surface area contributed by atoms with Gasteiger partial charge >= 0.3 is 6.18 Å². The van der Waals surface area contributed by atoms with Gasteiger partial charge in [-0.1, -0.05) is 0 Å². The number of alkyl halides is 3. The molecule has 1 aromatic heterocycles. The number of anilines is 2. The minimum atomic E-state index is -4.15. The summed E-state index contributed by atoms with van der Waals surface area (Å²) in [5.74, 6) is 1.52. The lowest BCUT2D eigenvalue weighted by Gasteiger charge is -2.10. The molecule has 0 aliphatic heterocycles. The fourth-order valence-electron chi connectivity index (χ4n) is 1.26. The SMILES string of the molecule is CCNc1cc(NCCC(F)(F)F)nc(C)n1. The van der Waals surface area contributed by atoms with Crippen LogP contribution in [0.25, 0.3) is 0 Å². The van der Waals surface area contributed by atoms with Gasteiger partial charge in [-0.05, 0) is 13.8 Å². The van der Waals surface area contributed by atoms with Crippen molar-refractivity contribution in [1.29, 1.82) is 0 Å². The van der Waals surface area contributed by atoms with Crippen molar-refractivity contribution in [2.75, 3.05) is 23.7 Å². The van der Waals surface area contributed by atoms with Gasteiger partial charge in [0.05, 0.1) is 6.42 Å². The fraction of sp³-hybridized carbons (Fsp3) is 0.600. The van der Waals surface area contributed by atoms with Crippen molar-refractivity contribution in [3.05, 3.63) is 11.9 Å². The van der Waals surface area contributed by atoms with E-state index in [-0.39, 0.29) is 6.54 Å². The van der Waals surface area contributed by atoms with E-state index in [1.165, 1.54) is 0 Å². The lowest BCUT2D eigenvalue weighted by atomic mass is 10.4. The molecule has 1 rings (SSSR count). The van der Waals surface area contributed by atoms with Gasteiger partial charge in [-0.15, -0.1) is 0 Å². The normalized spacial score (nSPS) is 11.4. The number of nitrogens with zero attached hydrogens (tertiary/aromatic N) is 2. The zero-order valence-corrected chi connectivity index (χ0v) is 9.73. The van der Waals surface area contributed by atoms with Crippen LogP contribution in [-0.4, -0.2) is 29.2 Å². The van der Waals surface area contributed by atoms with E-state index >= 15 is 0 Å². The lowest BCUT2D eigenvalue weighted by molar-refractivity contribution is -0.131. The first-order chi connectivity index (χ1) is 7.90. The molecule has 0 fully saturated rings. The Morgan fingerprint density at radius 1 is 1.18 bits per heavy atom. The minimum absolute atomic E-state index is 0.189. The molecular weight excluding hydrogens is 233 g/mol. The molecule has 7 heteroatoms. The van der Waals surface area contributed by atoms with Crippen molar-refractivity contribution in [3.63, 3.8) is 0 Å². The molecule has 0 atom stereocenters. The molecule has 17 heavy (non-hydrogen) atoms. The highest BCUT2D eigenvalue weighted by Crippen LogP contribution is 2.19. The Morgan fingerprint density at radius 3 is 2.29 bits per heavy atom. The van der Waals surface area contributed by atoms with Gasteiger partial charge in [0.1, 0.15) is 17.5 Å². The fourth-order valence-corrected chi connectivity index (χ4v) is 1.26. The van der Waals surface area contributed by atoms with Crippen molar-refractivity contribution in [3.8, 4) is 0 Å². The average Bonchev–Trinajstić information content (AvgIpc) is 2.15. The van der Waals surface area contributed by atoms with Crippen LogP contribution < -0.4 is 10.6 Å². The van der Waals surface area contributed by atoms with Crippen LogP contribution >= 0.6 is 0 Å². The highest BCUT2D eigenvalue weighted by atomic mass is 19.4. The highest BCUT2D eigenvalue weighted by Gasteiger charge is 2.26. The van der Waals surface area contributed by atoms with Crippen molar-refractivity contribution >= 4 is 11.6 Å². The number of nitrogens with one attached hydrogen (secondary N) is 2. The van der Waals surface area contributed by atoms with E-state index in [9.17, 15) is 13.2 Å². The number of rotatable bonds is 5. The molecule has 1 aromatic rings. The van der Waals surface area contributed by atoms with Gasteiger partial charge in [-0.3, -0.25) is 0 Å². The third kappa shape index (κ3) is 5.37. The summed E-state index contributed by atoms with van der Waals surface area (Å²) in [7, 11) is 0. The molecule has 96 valence electrons. The number of hydrogen-bond acceptors (Lipinski definition) is 4. The Bertz CT molecular complexity index is 365. The molecular formula is C10H15F3N4. The summed E-state index contributed by atoms with van der Waals surface area (Å²) >= 11 is 0. The van der Waals surface area contributed by atoms with Crippen LogP contribution in [0.5, 0.6) is 0 Å². The van der Waals surface area contributed by atoms with Gasteiger partial charge in [-0.25, -0.2) is 9.97 Å². The maximum Gasteiger partial charge on any atom is 0.390 e. The summed E-state index contributed by atoms with van der Waals surface area (Å²) in [6.07, 6.45) is -5.04. The number of hydrogen-bond donors (Lipinski definition) is 2. The summed E-state index contributed by atoms with van der Waals surface area (Å²) in [4.78, 5) is 8.10. The van der Waals surface area contributed by atoms with E-state index in [1.54, 1.807) is 13.0 Å². The third-order valence-electron chi connectivity index (χ3n) is 1.91. The zero-order valence-electron chi connectivity index (χ0n) is 9.73. The van der Waals surface area contributed by atoms with E-state index in [0.29, 0.717) is 24.0 Å². The molecule has 0 unspecified atom stereocenters. The maximum atomic E-state index is 12.0. The first-order valence-corrected chi connectivity index (χ1v) is 5.31. The van der Waals surface area contributed by atoms with Crippen LogP contribution in [0.2, 0.25) is 0 Å². The monoisotopic (exact) mass is 248 g/mol. The summed E-state index contributed by atoms with van der Waals surface area (Å²) < 4.78 is 35.9. The van der Waals surface area contributed by atoms with Crippen molar-refractivity contribution in [1.82, 2.24) is 9.97 Å². The Hall–Kier alpha value is -1.53. The number of aryl methyl sites for hydroxylation is 1. The molecule has 0 spiro atoms. The predicted molar refractivity (Wildman–Crippen MR) is 60.1 cm³/mol. The van der Waals surface area contributed by atoms with E-state index in [1.807, 2.05) is 6.92 Å². The van der Waals surface area contributed by atoms with E-state index < -0.39 is 12.6 Å². The van der Waals surface area contributed by atoms with Crippen LogP contribution in [0.4, 0.5) is 24.8 Å². The van der Waals surface area contributed by atoms with Crippen molar-refractivity contribution in [2.45, 2.75) is 26.4 Å².